The molecule has 0 aliphatic carbocycles. The highest BCUT2D eigenvalue weighted by Gasteiger charge is 2.44. The Morgan fingerprint density at radius 2 is 1.75 bits per heavy atom. The van der Waals surface area contributed by atoms with Gasteiger partial charge in [-0.05, 0) is 48.9 Å². The second-order valence-corrected chi connectivity index (χ2v) is 8.10. The van der Waals surface area contributed by atoms with E-state index >= 15 is 0 Å². The molecule has 3 aromatic rings. The molecule has 0 spiro atoms. The number of anilines is 1. The predicted molar refractivity (Wildman–Crippen MR) is 109 cm³/mol. The van der Waals surface area contributed by atoms with Gasteiger partial charge in [0, 0.05) is 6.04 Å². The van der Waals surface area contributed by atoms with Crippen molar-refractivity contribution < 1.29 is 20.1 Å². The first-order valence-corrected chi connectivity index (χ1v) is 9.75. The quantitative estimate of drug-likeness (QED) is 0.512. The van der Waals surface area contributed by atoms with Gasteiger partial charge in [-0.25, -0.2) is 4.98 Å². The molecule has 1 aliphatic rings. The molecule has 28 heavy (non-hydrogen) atoms. The van der Waals surface area contributed by atoms with Crippen LogP contribution in [-0.2, 0) is 4.74 Å². The number of benzene rings is 2. The van der Waals surface area contributed by atoms with Crippen molar-refractivity contribution in [2.24, 2.45) is 0 Å². The van der Waals surface area contributed by atoms with Gasteiger partial charge in [-0.2, -0.15) is 0 Å². The van der Waals surface area contributed by atoms with Gasteiger partial charge in [0.15, 0.2) is 6.23 Å². The summed E-state index contributed by atoms with van der Waals surface area (Å²) in [5.41, 5.74) is 1.37. The molecular formula is C19H21Cl2N3O4. The van der Waals surface area contributed by atoms with Crippen LogP contribution in [-0.4, -0.2) is 55.8 Å². The third kappa shape index (κ3) is 3.22. The van der Waals surface area contributed by atoms with Crippen LogP contribution in [0.25, 0.3) is 21.8 Å². The summed E-state index contributed by atoms with van der Waals surface area (Å²) in [6, 6.07) is 7.39. The predicted octanol–water partition coefficient (Wildman–Crippen LogP) is 2.93. The minimum Gasteiger partial charge on any atom is -0.394 e. The minimum atomic E-state index is -1.22. The van der Waals surface area contributed by atoms with E-state index in [1.54, 1.807) is 16.7 Å². The summed E-state index contributed by atoms with van der Waals surface area (Å²) >= 11 is 12.3. The van der Waals surface area contributed by atoms with Crippen molar-refractivity contribution in [1.82, 2.24) is 9.55 Å². The topological polar surface area (TPSA) is 99.8 Å². The molecule has 7 nitrogen and oxygen atoms in total. The molecule has 0 bridgehead atoms. The number of imidazole rings is 1. The normalized spacial score (nSPS) is 25.3. The first-order chi connectivity index (χ1) is 13.3. The molecule has 0 amide bonds. The van der Waals surface area contributed by atoms with Gasteiger partial charge < -0.3 is 25.4 Å². The zero-order chi connectivity index (χ0) is 20.2. The number of aliphatic hydroxyl groups excluding tert-OH is 3. The van der Waals surface area contributed by atoms with E-state index in [-0.39, 0.29) is 6.04 Å². The zero-order valence-corrected chi connectivity index (χ0v) is 16.8. The van der Waals surface area contributed by atoms with Gasteiger partial charge >= 0.3 is 0 Å². The number of halogens is 2. The maximum atomic E-state index is 10.5. The summed E-state index contributed by atoms with van der Waals surface area (Å²) < 4.78 is 7.46. The van der Waals surface area contributed by atoms with Crippen molar-refractivity contribution in [2.75, 3.05) is 11.9 Å². The molecule has 1 aromatic heterocycles. The van der Waals surface area contributed by atoms with Gasteiger partial charge in [-0.15, -0.1) is 0 Å². The van der Waals surface area contributed by atoms with E-state index in [9.17, 15) is 15.3 Å². The van der Waals surface area contributed by atoms with Gasteiger partial charge in [0.1, 0.15) is 18.3 Å². The molecule has 9 heteroatoms. The Balaban J connectivity index is 1.94. The lowest BCUT2D eigenvalue weighted by Gasteiger charge is -2.21. The number of nitrogens with zero attached hydrogens (tertiary/aromatic N) is 2. The Morgan fingerprint density at radius 1 is 1.11 bits per heavy atom. The minimum absolute atomic E-state index is 0.0750. The van der Waals surface area contributed by atoms with E-state index in [0.717, 1.165) is 10.8 Å². The van der Waals surface area contributed by atoms with Crippen molar-refractivity contribution in [3.8, 4) is 0 Å². The molecule has 0 saturated carbocycles. The molecule has 0 radical (unpaired) electrons. The highest BCUT2D eigenvalue weighted by Crippen LogP contribution is 2.37. The fraction of sp³-hybridized carbons (Fsp3) is 0.421. The van der Waals surface area contributed by atoms with E-state index in [1.165, 1.54) is 0 Å². The van der Waals surface area contributed by atoms with Gasteiger partial charge in [0.2, 0.25) is 5.95 Å². The van der Waals surface area contributed by atoms with Crippen molar-refractivity contribution in [2.45, 2.75) is 44.4 Å². The Bertz CT molecular complexity index is 1040. The largest absolute Gasteiger partial charge is 0.394 e. The maximum absolute atomic E-state index is 10.5. The first-order valence-electron chi connectivity index (χ1n) is 9.00. The lowest BCUT2D eigenvalue weighted by Crippen LogP contribution is -2.33. The Kier molecular flexibility index (Phi) is 5.16. The maximum Gasteiger partial charge on any atom is 0.206 e. The van der Waals surface area contributed by atoms with Crippen LogP contribution < -0.4 is 5.32 Å². The molecular weight excluding hydrogens is 405 g/mol. The van der Waals surface area contributed by atoms with Crippen molar-refractivity contribution >= 4 is 51.0 Å². The molecule has 1 saturated heterocycles. The monoisotopic (exact) mass is 425 g/mol. The van der Waals surface area contributed by atoms with Crippen LogP contribution in [0.1, 0.15) is 20.1 Å². The van der Waals surface area contributed by atoms with E-state index in [1.807, 2.05) is 26.0 Å². The van der Waals surface area contributed by atoms with Gasteiger partial charge in [-0.1, -0.05) is 23.2 Å². The second-order valence-electron chi connectivity index (χ2n) is 7.29. The molecule has 4 rings (SSSR count). The van der Waals surface area contributed by atoms with Gasteiger partial charge in [0.05, 0.1) is 27.7 Å². The molecule has 2 heterocycles. The van der Waals surface area contributed by atoms with Crippen molar-refractivity contribution in [3.63, 3.8) is 0 Å². The average Bonchev–Trinajstić information content (AvgIpc) is 3.10. The second kappa shape index (κ2) is 7.33. The van der Waals surface area contributed by atoms with Gasteiger partial charge in [0.25, 0.3) is 0 Å². The van der Waals surface area contributed by atoms with E-state index in [0.29, 0.717) is 27.0 Å². The number of nitrogens with one attached hydrogen (secondary N) is 1. The summed E-state index contributed by atoms with van der Waals surface area (Å²) in [7, 11) is 0. The molecule has 4 atom stereocenters. The molecule has 150 valence electrons. The summed E-state index contributed by atoms with van der Waals surface area (Å²) in [4.78, 5) is 4.65. The Hall–Kier alpha value is -1.61. The first kappa shape index (κ1) is 19.7. The van der Waals surface area contributed by atoms with Crippen LogP contribution in [0.15, 0.2) is 24.3 Å². The van der Waals surface area contributed by atoms with Gasteiger partial charge in [-0.3, -0.25) is 4.57 Å². The van der Waals surface area contributed by atoms with Crippen molar-refractivity contribution in [1.29, 1.82) is 0 Å². The number of aromatic nitrogens is 2. The third-order valence-corrected chi connectivity index (χ3v) is 5.60. The zero-order valence-electron chi connectivity index (χ0n) is 15.3. The van der Waals surface area contributed by atoms with Crippen LogP contribution in [0.4, 0.5) is 5.95 Å². The summed E-state index contributed by atoms with van der Waals surface area (Å²) in [5.74, 6) is 0.493. The Labute approximate surface area is 171 Å². The smallest absolute Gasteiger partial charge is 0.206 e. The number of hydrogen-bond acceptors (Lipinski definition) is 6. The van der Waals surface area contributed by atoms with Crippen LogP contribution in [0.3, 0.4) is 0 Å². The number of aliphatic hydroxyl groups is 3. The Morgan fingerprint density at radius 3 is 2.32 bits per heavy atom. The van der Waals surface area contributed by atoms with Crippen LogP contribution in [0.2, 0.25) is 10.0 Å². The third-order valence-electron chi connectivity index (χ3n) is 4.88. The SMILES string of the molecule is CC(C)Nc1nc2cc3cc(Cl)c(Cl)cc3cc2n1C1OC(CO)C(O)C1O. The molecule has 4 unspecified atom stereocenters. The lowest BCUT2D eigenvalue weighted by molar-refractivity contribution is -0.0499. The van der Waals surface area contributed by atoms with E-state index in [2.05, 4.69) is 10.3 Å². The average molecular weight is 426 g/mol. The summed E-state index contributed by atoms with van der Waals surface area (Å²) in [6.07, 6.45) is -4.20. The number of ether oxygens (including phenoxy) is 1. The lowest BCUT2D eigenvalue weighted by atomic mass is 10.1. The van der Waals surface area contributed by atoms with E-state index in [4.69, 9.17) is 27.9 Å². The van der Waals surface area contributed by atoms with Crippen LogP contribution >= 0.6 is 23.2 Å². The number of hydrogen-bond donors (Lipinski definition) is 4. The molecule has 1 fully saturated rings. The summed E-state index contributed by atoms with van der Waals surface area (Å²) in [6.45, 7) is 3.54. The molecule has 4 N–H and O–H groups in total. The number of fused-ring (bicyclic) bond motifs is 2. The standard InChI is InChI=1S/C19H21Cl2N3O4/c1-8(2)22-19-23-13-5-9-3-11(20)12(21)4-10(9)6-14(13)24(19)18-17(27)16(26)15(7-25)28-18/h3-6,8,15-18,25-27H,7H2,1-2H3,(H,22,23). The van der Waals surface area contributed by atoms with Crippen molar-refractivity contribution in [3.05, 3.63) is 34.3 Å². The summed E-state index contributed by atoms with van der Waals surface area (Å²) in [5, 5.41) is 36.0. The fourth-order valence-electron chi connectivity index (χ4n) is 3.55. The fourth-order valence-corrected chi connectivity index (χ4v) is 3.89. The van der Waals surface area contributed by atoms with Crippen LogP contribution in [0.5, 0.6) is 0 Å². The number of rotatable bonds is 4. The van der Waals surface area contributed by atoms with Crippen LogP contribution in [0, 0.1) is 0 Å². The van der Waals surface area contributed by atoms with E-state index < -0.39 is 31.1 Å². The molecule has 1 aliphatic heterocycles. The molecule has 2 aromatic carbocycles. The highest BCUT2D eigenvalue weighted by molar-refractivity contribution is 6.42. The highest BCUT2D eigenvalue weighted by atomic mass is 35.5.